The minimum absolute atomic E-state index is 0.00160. The number of nitrogens with zero attached hydrogens (tertiary/aromatic N) is 2. The molecule has 1 aliphatic heterocycles. The smallest absolute Gasteiger partial charge is 0.349 e. The number of thioether (sulfide) groups is 1. The van der Waals surface area contributed by atoms with E-state index in [0.717, 1.165) is 29.5 Å². The van der Waals surface area contributed by atoms with Crippen LogP contribution in [-0.4, -0.2) is 46.5 Å². The molecule has 1 saturated heterocycles. The highest BCUT2D eigenvalue weighted by atomic mass is 32.2. The van der Waals surface area contributed by atoms with Crippen LogP contribution in [0.25, 0.3) is 0 Å². The molecule has 0 aromatic heterocycles. The lowest BCUT2D eigenvalue weighted by Crippen LogP contribution is -2.47. The molecule has 0 radical (unpaired) electrons. The zero-order valence-corrected chi connectivity index (χ0v) is 18.5. The van der Waals surface area contributed by atoms with Crippen LogP contribution in [0, 0.1) is 17.0 Å². The van der Waals surface area contributed by atoms with Gasteiger partial charge >= 0.3 is 6.18 Å². The van der Waals surface area contributed by atoms with Crippen molar-refractivity contribution in [3.05, 3.63) is 69.3 Å². The summed E-state index contributed by atoms with van der Waals surface area (Å²) in [6, 6.07) is 9.44. The van der Waals surface area contributed by atoms with Crippen LogP contribution in [0.1, 0.15) is 34.3 Å². The number of carbonyl (C=O) groups excluding carboxylic acids is 2. The first kappa shape index (κ1) is 24.6. The van der Waals surface area contributed by atoms with Gasteiger partial charge in [-0.15, -0.1) is 11.8 Å². The third-order valence-corrected chi connectivity index (χ3v) is 6.45. The van der Waals surface area contributed by atoms with Crippen LogP contribution in [-0.2, 0) is 11.0 Å². The number of hydrogen-bond donors (Lipinski definition) is 1. The zero-order valence-electron chi connectivity index (χ0n) is 17.7. The van der Waals surface area contributed by atoms with Crippen LogP contribution in [0.3, 0.4) is 0 Å². The zero-order chi connectivity index (χ0) is 24.2. The Morgan fingerprint density at radius 3 is 2.45 bits per heavy atom. The number of alkyl halides is 3. The molecule has 11 heteroatoms. The number of hydrogen-bond acceptors (Lipinski definition) is 5. The highest BCUT2D eigenvalue weighted by Crippen LogP contribution is 2.36. The lowest BCUT2D eigenvalue weighted by Gasteiger charge is -2.32. The molecule has 0 unspecified atom stereocenters. The van der Waals surface area contributed by atoms with E-state index in [1.807, 2.05) is 19.1 Å². The monoisotopic (exact) mass is 481 g/mol. The summed E-state index contributed by atoms with van der Waals surface area (Å²) in [5.74, 6) is -0.562. The quantitative estimate of drug-likeness (QED) is 0.374. The highest BCUT2D eigenvalue weighted by molar-refractivity contribution is 8.00. The molecular formula is C22H22F3N3O4S. The number of nitrogens with one attached hydrogen (secondary N) is 1. The van der Waals surface area contributed by atoms with E-state index in [9.17, 15) is 32.9 Å². The van der Waals surface area contributed by atoms with Gasteiger partial charge in [-0.3, -0.25) is 19.7 Å². The Hall–Kier alpha value is -3.08. The maximum Gasteiger partial charge on any atom is 0.416 e. The van der Waals surface area contributed by atoms with E-state index < -0.39 is 22.4 Å². The second kappa shape index (κ2) is 10.2. The fourth-order valence-corrected chi connectivity index (χ4v) is 4.46. The number of piperidine rings is 1. The molecule has 7 nitrogen and oxygen atoms in total. The maximum absolute atomic E-state index is 12.8. The maximum atomic E-state index is 12.8. The summed E-state index contributed by atoms with van der Waals surface area (Å²) < 4.78 is 38.5. The predicted molar refractivity (Wildman–Crippen MR) is 117 cm³/mol. The normalized spacial score (nSPS) is 14.7. The number of nitro benzene ring substituents is 1. The minimum atomic E-state index is -4.69. The third-order valence-electron chi connectivity index (χ3n) is 5.41. The van der Waals surface area contributed by atoms with Crippen LogP contribution in [0.15, 0.2) is 47.4 Å². The molecule has 1 N–H and O–H groups in total. The summed E-state index contributed by atoms with van der Waals surface area (Å²) in [6.45, 7) is 2.68. The van der Waals surface area contributed by atoms with E-state index in [2.05, 4.69) is 5.32 Å². The molecule has 176 valence electrons. The average molecular weight is 481 g/mol. The largest absolute Gasteiger partial charge is 0.416 e. The molecule has 1 fully saturated rings. The average Bonchev–Trinajstić information content (AvgIpc) is 2.77. The van der Waals surface area contributed by atoms with Crippen molar-refractivity contribution < 1.29 is 27.7 Å². The van der Waals surface area contributed by atoms with Gasteiger partial charge in [-0.25, -0.2) is 0 Å². The van der Waals surface area contributed by atoms with Gasteiger partial charge in [0, 0.05) is 30.8 Å². The Morgan fingerprint density at radius 2 is 1.85 bits per heavy atom. The number of likely N-dealkylation sites (tertiary alicyclic amines) is 1. The topological polar surface area (TPSA) is 92.6 Å². The van der Waals surface area contributed by atoms with Crippen molar-refractivity contribution in [3.8, 4) is 0 Å². The van der Waals surface area contributed by atoms with Crippen LogP contribution in [0.2, 0.25) is 0 Å². The Bertz CT molecular complexity index is 1050. The van der Waals surface area contributed by atoms with Crippen molar-refractivity contribution in [2.45, 2.75) is 36.9 Å². The van der Waals surface area contributed by atoms with Crippen LogP contribution in [0.5, 0.6) is 0 Å². The molecule has 33 heavy (non-hydrogen) atoms. The summed E-state index contributed by atoms with van der Waals surface area (Å²) in [5.41, 5.74) is -0.317. The Kier molecular flexibility index (Phi) is 7.62. The predicted octanol–water partition coefficient (Wildman–Crippen LogP) is 4.44. The van der Waals surface area contributed by atoms with Gasteiger partial charge in [0.05, 0.1) is 21.1 Å². The molecule has 2 aromatic rings. The van der Waals surface area contributed by atoms with E-state index in [-0.39, 0.29) is 28.5 Å². The van der Waals surface area contributed by atoms with Gasteiger partial charge in [0.15, 0.2) is 0 Å². The summed E-state index contributed by atoms with van der Waals surface area (Å²) >= 11 is 0.837. The second-order valence-corrected chi connectivity index (χ2v) is 8.69. The molecule has 0 bridgehead atoms. The number of halogens is 3. The Labute approximate surface area is 192 Å². The van der Waals surface area contributed by atoms with Gasteiger partial charge < -0.3 is 10.2 Å². The van der Waals surface area contributed by atoms with E-state index in [1.54, 1.807) is 17.0 Å². The Morgan fingerprint density at radius 1 is 1.18 bits per heavy atom. The van der Waals surface area contributed by atoms with Crippen LogP contribution in [0.4, 0.5) is 18.9 Å². The van der Waals surface area contributed by atoms with Crippen molar-refractivity contribution >= 4 is 29.3 Å². The molecule has 1 aliphatic rings. The van der Waals surface area contributed by atoms with Crippen molar-refractivity contribution in [3.63, 3.8) is 0 Å². The number of rotatable bonds is 6. The van der Waals surface area contributed by atoms with E-state index in [1.165, 1.54) is 0 Å². The summed E-state index contributed by atoms with van der Waals surface area (Å²) in [7, 11) is 0. The first-order chi connectivity index (χ1) is 15.6. The summed E-state index contributed by atoms with van der Waals surface area (Å²) in [4.78, 5) is 36.9. The van der Waals surface area contributed by atoms with Crippen LogP contribution < -0.4 is 5.32 Å². The molecule has 2 amide bonds. The number of benzene rings is 2. The summed E-state index contributed by atoms with van der Waals surface area (Å²) in [5, 5.41) is 14.2. The molecule has 0 atom stereocenters. The fraction of sp³-hybridized carbons (Fsp3) is 0.364. The van der Waals surface area contributed by atoms with Crippen molar-refractivity contribution in [2.75, 3.05) is 18.8 Å². The fourth-order valence-electron chi connectivity index (χ4n) is 3.55. The second-order valence-electron chi connectivity index (χ2n) is 7.67. The SMILES string of the molecule is Cc1ccccc1C(=O)NC1CCN(C(=O)CSc2ccc(C(F)(F)F)cc2[N+](=O)[O-])CC1. The standard InChI is InChI=1S/C22H22F3N3O4S/c1-14-4-2-3-5-17(14)21(30)26-16-8-10-27(11-9-16)20(29)13-33-19-7-6-15(22(23,24)25)12-18(19)28(31)32/h2-7,12,16H,8-11,13H2,1H3,(H,26,30). The Balaban J connectivity index is 1.53. The molecule has 0 saturated carbocycles. The summed E-state index contributed by atoms with van der Waals surface area (Å²) in [6.07, 6.45) is -3.56. The number of amides is 2. The minimum Gasteiger partial charge on any atom is -0.349 e. The molecule has 1 heterocycles. The lowest BCUT2D eigenvalue weighted by atomic mass is 10.0. The molecule has 3 rings (SSSR count). The van der Waals surface area contributed by atoms with Crippen LogP contribution >= 0.6 is 11.8 Å². The van der Waals surface area contributed by atoms with Gasteiger partial charge in [-0.2, -0.15) is 13.2 Å². The number of nitro groups is 1. The van der Waals surface area contributed by atoms with Gasteiger partial charge in [0.1, 0.15) is 0 Å². The molecular weight excluding hydrogens is 459 g/mol. The van der Waals surface area contributed by atoms with E-state index in [4.69, 9.17) is 0 Å². The van der Waals surface area contributed by atoms with Crippen molar-refractivity contribution in [2.24, 2.45) is 0 Å². The first-order valence-electron chi connectivity index (χ1n) is 10.2. The van der Waals surface area contributed by atoms with Gasteiger partial charge in [0.2, 0.25) is 5.91 Å². The third kappa shape index (κ3) is 6.25. The van der Waals surface area contributed by atoms with Gasteiger partial charge in [-0.05, 0) is 43.5 Å². The first-order valence-corrected chi connectivity index (χ1v) is 11.2. The number of carbonyl (C=O) groups is 2. The van der Waals surface area contributed by atoms with Crippen molar-refractivity contribution in [1.29, 1.82) is 0 Å². The molecule has 2 aromatic carbocycles. The lowest BCUT2D eigenvalue weighted by molar-refractivity contribution is -0.388. The highest BCUT2D eigenvalue weighted by Gasteiger charge is 2.33. The van der Waals surface area contributed by atoms with Gasteiger partial charge in [-0.1, -0.05) is 18.2 Å². The van der Waals surface area contributed by atoms with E-state index in [0.29, 0.717) is 37.6 Å². The van der Waals surface area contributed by atoms with Crippen molar-refractivity contribution in [1.82, 2.24) is 10.2 Å². The molecule has 0 spiro atoms. The van der Waals surface area contributed by atoms with Gasteiger partial charge in [0.25, 0.3) is 11.6 Å². The van der Waals surface area contributed by atoms with E-state index >= 15 is 0 Å². The molecule has 0 aliphatic carbocycles. The number of aryl methyl sites for hydroxylation is 1.